The van der Waals surface area contributed by atoms with Crippen molar-refractivity contribution in [1.82, 2.24) is 14.7 Å². The first-order valence-corrected chi connectivity index (χ1v) is 9.75. The van der Waals surface area contributed by atoms with E-state index >= 15 is 0 Å². The molecule has 1 fully saturated rings. The van der Waals surface area contributed by atoms with Crippen molar-refractivity contribution >= 4 is 18.1 Å². The standard InChI is InChI=1S/C20H23N5O3/c1-2-15-11-25-12-21-18(10-19(25)22-15)23-5-7-24(8-6-23)20(26)14-3-4-16-17(9-14)28-13-27-16/h3-4,9-10,12,15H,2,5-8,11,13H2,1H3/t15-/m0/s1. The Balaban J connectivity index is 1.23. The number of amides is 1. The van der Waals surface area contributed by atoms with Crippen molar-refractivity contribution in [2.45, 2.75) is 19.4 Å². The summed E-state index contributed by atoms with van der Waals surface area (Å²) in [6.07, 6.45) is 4.98. The summed E-state index contributed by atoms with van der Waals surface area (Å²) in [5.74, 6) is 3.28. The summed E-state index contributed by atoms with van der Waals surface area (Å²) in [5.41, 5.74) is 0.633. The second-order valence-corrected chi connectivity index (χ2v) is 7.30. The summed E-state index contributed by atoms with van der Waals surface area (Å²) in [6, 6.07) is 5.72. The van der Waals surface area contributed by atoms with Gasteiger partial charge < -0.3 is 24.2 Å². The maximum absolute atomic E-state index is 12.8. The first-order valence-electron chi connectivity index (χ1n) is 9.75. The van der Waals surface area contributed by atoms with Crippen LogP contribution in [0.25, 0.3) is 0 Å². The van der Waals surface area contributed by atoms with Crippen LogP contribution in [-0.4, -0.2) is 78.3 Å². The molecule has 0 bridgehead atoms. The van der Waals surface area contributed by atoms with Crippen LogP contribution in [0.4, 0.5) is 0 Å². The number of hydrogen-bond donors (Lipinski definition) is 0. The average molecular weight is 381 g/mol. The van der Waals surface area contributed by atoms with E-state index in [1.54, 1.807) is 18.2 Å². The van der Waals surface area contributed by atoms with Crippen LogP contribution in [-0.2, 0) is 0 Å². The molecule has 1 aromatic carbocycles. The van der Waals surface area contributed by atoms with E-state index in [1.165, 1.54) is 0 Å². The first-order chi connectivity index (χ1) is 13.7. The Morgan fingerprint density at radius 1 is 1.18 bits per heavy atom. The molecule has 1 atom stereocenters. The highest BCUT2D eigenvalue weighted by molar-refractivity contribution is 6.03. The zero-order valence-electron chi connectivity index (χ0n) is 15.9. The van der Waals surface area contributed by atoms with Gasteiger partial charge in [-0.25, -0.2) is 4.99 Å². The predicted octanol–water partition coefficient (Wildman–Crippen LogP) is 1.55. The van der Waals surface area contributed by atoms with Crippen LogP contribution in [0.3, 0.4) is 0 Å². The molecule has 0 radical (unpaired) electrons. The molecular weight excluding hydrogens is 358 g/mol. The van der Waals surface area contributed by atoms with Gasteiger partial charge in [-0.15, -0.1) is 0 Å². The second-order valence-electron chi connectivity index (χ2n) is 7.30. The van der Waals surface area contributed by atoms with Crippen LogP contribution in [0, 0.1) is 0 Å². The van der Waals surface area contributed by atoms with E-state index < -0.39 is 0 Å². The quantitative estimate of drug-likeness (QED) is 0.795. The molecule has 5 rings (SSSR count). The van der Waals surface area contributed by atoms with Gasteiger partial charge in [-0.05, 0) is 24.6 Å². The summed E-state index contributed by atoms with van der Waals surface area (Å²) < 4.78 is 10.7. The van der Waals surface area contributed by atoms with Crippen LogP contribution < -0.4 is 9.47 Å². The Hall–Kier alpha value is -3.03. The molecule has 4 heterocycles. The highest BCUT2D eigenvalue weighted by Crippen LogP contribution is 2.33. The van der Waals surface area contributed by atoms with E-state index in [9.17, 15) is 4.79 Å². The lowest BCUT2D eigenvalue weighted by Crippen LogP contribution is -2.48. The van der Waals surface area contributed by atoms with Crippen molar-refractivity contribution in [2.75, 3.05) is 39.5 Å². The summed E-state index contributed by atoms with van der Waals surface area (Å²) in [7, 11) is 0. The van der Waals surface area contributed by atoms with Crippen LogP contribution >= 0.6 is 0 Å². The first kappa shape index (κ1) is 17.1. The Kier molecular flexibility index (Phi) is 4.18. The Labute approximate surface area is 163 Å². The lowest BCUT2D eigenvalue weighted by Gasteiger charge is -2.37. The van der Waals surface area contributed by atoms with Gasteiger partial charge in [0.15, 0.2) is 11.5 Å². The summed E-state index contributed by atoms with van der Waals surface area (Å²) in [5, 5.41) is 0. The molecule has 8 nitrogen and oxygen atoms in total. The molecule has 1 amide bonds. The zero-order chi connectivity index (χ0) is 19.1. The van der Waals surface area contributed by atoms with Crippen molar-refractivity contribution < 1.29 is 14.3 Å². The van der Waals surface area contributed by atoms with E-state index in [0.29, 0.717) is 36.2 Å². The van der Waals surface area contributed by atoms with Gasteiger partial charge in [0.2, 0.25) is 6.79 Å². The Bertz CT molecular complexity index is 886. The van der Waals surface area contributed by atoms with E-state index in [4.69, 9.17) is 14.5 Å². The minimum absolute atomic E-state index is 0.0243. The number of benzene rings is 1. The maximum atomic E-state index is 12.8. The van der Waals surface area contributed by atoms with Crippen LogP contribution in [0.2, 0.25) is 0 Å². The van der Waals surface area contributed by atoms with E-state index in [-0.39, 0.29) is 12.7 Å². The average Bonchev–Trinajstić information content (AvgIpc) is 3.38. The Morgan fingerprint density at radius 2 is 2.00 bits per heavy atom. The molecule has 146 valence electrons. The topological polar surface area (TPSA) is 70.0 Å². The highest BCUT2D eigenvalue weighted by atomic mass is 16.7. The SMILES string of the molecule is CC[C@H]1CN2C=NC(N3CCN(C(=O)c4ccc5c(c4)OCO5)CC3)=CC2=N1. The van der Waals surface area contributed by atoms with Crippen molar-refractivity contribution in [2.24, 2.45) is 9.98 Å². The fourth-order valence-electron chi connectivity index (χ4n) is 3.87. The molecule has 4 aliphatic rings. The number of ether oxygens (including phenoxy) is 2. The molecule has 0 unspecified atom stereocenters. The summed E-state index contributed by atoms with van der Waals surface area (Å²) >= 11 is 0. The molecule has 0 saturated carbocycles. The third kappa shape index (κ3) is 2.98. The van der Waals surface area contributed by atoms with Gasteiger partial charge in [0.1, 0.15) is 11.7 Å². The second kappa shape index (κ2) is 6.85. The fraction of sp³-hybridized carbons (Fsp3) is 0.450. The van der Waals surface area contributed by atoms with E-state index in [1.807, 2.05) is 11.2 Å². The molecule has 1 saturated heterocycles. The smallest absolute Gasteiger partial charge is 0.254 e. The van der Waals surface area contributed by atoms with Gasteiger partial charge in [-0.3, -0.25) is 9.79 Å². The van der Waals surface area contributed by atoms with E-state index in [2.05, 4.69) is 27.8 Å². The summed E-state index contributed by atoms with van der Waals surface area (Å²) in [6.45, 7) is 6.11. The van der Waals surface area contributed by atoms with Crippen LogP contribution in [0.5, 0.6) is 11.5 Å². The molecule has 0 N–H and O–H groups in total. The summed E-state index contributed by atoms with van der Waals surface area (Å²) in [4.78, 5) is 28.4. The third-order valence-electron chi connectivity index (χ3n) is 5.59. The number of carbonyl (C=O) groups excluding carboxylic acids is 1. The molecule has 0 spiro atoms. The van der Waals surface area contributed by atoms with Gasteiger partial charge in [-0.1, -0.05) is 6.92 Å². The van der Waals surface area contributed by atoms with Crippen molar-refractivity contribution in [3.05, 3.63) is 35.7 Å². The van der Waals surface area contributed by atoms with Crippen molar-refractivity contribution in [1.29, 1.82) is 0 Å². The number of carbonyl (C=O) groups is 1. The normalized spacial score (nSPS) is 22.9. The number of aliphatic imine (C=N–C) groups is 2. The number of rotatable bonds is 3. The van der Waals surface area contributed by atoms with Gasteiger partial charge in [-0.2, -0.15) is 0 Å². The number of piperazine rings is 1. The van der Waals surface area contributed by atoms with Gasteiger partial charge in [0.05, 0.1) is 12.4 Å². The van der Waals surface area contributed by atoms with E-state index in [0.717, 1.165) is 37.7 Å². The molecular formula is C20H23N5O3. The van der Waals surface area contributed by atoms with Crippen LogP contribution in [0.1, 0.15) is 23.7 Å². The number of nitrogens with zero attached hydrogens (tertiary/aromatic N) is 5. The molecule has 1 aromatic rings. The monoisotopic (exact) mass is 381 g/mol. The zero-order valence-corrected chi connectivity index (χ0v) is 15.9. The van der Waals surface area contributed by atoms with Gasteiger partial charge in [0, 0.05) is 44.4 Å². The lowest BCUT2D eigenvalue weighted by molar-refractivity contribution is 0.0668. The minimum atomic E-state index is 0.0243. The molecule has 4 aliphatic heterocycles. The molecule has 0 aromatic heterocycles. The Morgan fingerprint density at radius 3 is 2.82 bits per heavy atom. The van der Waals surface area contributed by atoms with Crippen LogP contribution in [0.15, 0.2) is 40.1 Å². The molecule has 28 heavy (non-hydrogen) atoms. The van der Waals surface area contributed by atoms with Crippen molar-refractivity contribution in [3.8, 4) is 11.5 Å². The molecule has 0 aliphatic carbocycles. The van der Waals surface area contributed by atoms with Gasteiger partial charge in [0.25, 0.3) is 5.91 Å². The largest absolute Gasteiger partial charge is 0.454 e. The number of hydrogen-bond acceptors (Lipinski definition) is 7. The third-order valence-corrected chi connectivity index (χ3v) is 5.59. The number of amidine groups is 1. The fourth-order valence-corrected chi connectivity index (χ4v) is 3.87. The minimum Gasteiger partial charge on any atom is -0.454 e. The lowest BCUT2D eigenvalue weighted by atomic mass is 10.1. The van der Waals surface area contributed by atoms with Crippen molar-refractivity contribution in [3.63, 3.8) is 0 Å². The molecule has 8 heteroatoms. The predicted molar refractivity (Wildman–Crippen MR) is 105 cm³/mol. The number of fused-ring (bicyclic) bond motifs is 2. The maximum Gasteiger partial charge on any atom is 0.254 e. The van der Waals surface area contributed by atoms with Gasteiger partial charge >= 0.3 is 0 Å². The highest BCUT2D eigenvalue weighted by Gasteiger charge is 2.28.